The number of hydrogen-bond acceptors (Lipinski definition) is 4. The zero-order valence-electron chi connectivity index (χ0n) is 11.3. The highest BCUT2D eigenvalue weighted by Crippen LogP contribution is 2.22. The molecule has 1 aromatic rings. The van der Waals surface area contributed by atoms with Gasteiger partial charge in [-0.05, 0) is 26.5 Å². The van der Waals surface area contributed by atoms with Gasteiger partial charge in [-0.25, -0.2) is 4.98 Å². The zero-order valence-corrected chi connectivity index (χ0v) is 11.3. The number of carbonyl (C=O) groups is 1. The van der Waals surface area contributed by atoms with Gasteiger partial charge in [-0.3, -0.25) is 9.69 Å². The van der Waals surface area contributed by atoms with E-state index in [1.54, 1.807) is 27.2 Å². The minimum Gasteiger partial charge on any atom is -0.481 e. The van der Waals surface area contributed by atoms with E-state index in [0.29, 0.717) is 19.0 Å². The van der Waals surface area contributed by atoms with Gasteiger partial charge < -0.3 is 9.84 Å². The molecule has 0 aromatic carbocycles. The maximum Gasteiger partial charge on any atom is 0.323 e. The molecule has 0 amide bonds. The predicted molar refractivity (Wildman–Crippen MR) is 68.6 cm³/mol. The van der Waals surface area contributed by atoms with Gasteiger partial charge in [0.1, 0.15) is 5.54 Å². The Balaban J connectivity index is 2.96. The van der Waals surface area contributed by atoms with E-state index in [1.165, 1.54) is 0 Å². The Morgan fingerprint density at radius 1 is 1.56 bits per heavy atom. The van der Waals surface area contributed by atoms with E-state index in [9.17, 15) is 9.90 Å². The fraction of sp³-hybridized carbons (Fsp3) is 0.538. The SMILES string of the molecule is CCN(Cc1cccnc1OC)C(C)(C)C(=O)O. The summed E-state index contributed by atoms with van der Waals surface area (Å²) in [7, 11) is 1.56. The second-order valence-corrected chi connectivity index (χ2v) is 4.55. The third-order valence-electron chi connectivity index (χ3n) is 3.10. The lowest BCUT2D eigenvalue weighted by atomic mass is 10.0. The first-order valence-electron chi connectivity index (χ1n) is 5.89. The van der Waals surface area contributed by atoms with Gasteiger partial charge >= 0.3 is 5.97 Å². The smallest absolute Gasteiger partial charge is 0.323 e. The summed E-state index contributed by atoms with van der Waals surface area (Å²) in [5.41, 5.74) is -0.0357. The monoisotopic (exact) mass is 252 g/mol. The molecule has 1 heterocycles. The van der Waals surface area contributed by atoms with Crippen LogP contribution in [0.25, 0.3) is 0 Å². The highest BCUT2D eigenvalue weighted by molar-refractivity contribution is 5.77. The van der Waals surface area contributed by atoms with Crippen molar-refractivity contribution < 1.29 is 14.6 Å². The van der Waals surface area contributed by atoms with Crippen LogP contribution < -0.4 is 4.74 Å². The number of pyridine rings is 1. The van der Waals surface area contributed by atoms with Crippen molar-refractivity contribution in [2.75, 3.05) is 13.7 Å². The van der Waals surface area contributed by atoms with Gasteiger partial charge in [-0.2, -0.15) is 0 Å². The molecule has 5 heteroatoms. The van der Waals surface area contributed by atoms with E-state index >= 15 is 0 Å². The van der Waals surface area contributed by atoms with Crippen LogP contribution in [0.5, 0.6) is 5.88 Å². The topological polar surface area (TPSA) is 62.7 Å². The Kier molecular flexibility index (Phi) is 4.67. The highest BCUT2D eigenvalue weighted by atomic mass is 16.5. The van der Waals surface area contributed by atoms with Crippen molar-refractivity contribution in [1.29, 1.82) is 0 Å². The Morgan fingerprint density at radius 3 is 2.72 bits per heavy atom. The number of hydrogen-bond donors (Lipinski definition) is 1. The molecule has 0 aliphatic rings. The van der Waals surface area contributed by atoms with Gasteiger partial charge in [0, 0.05) is 18.3 Å². The first kappa shape index (κ1) is 14.4. The molecule has 0 fully saturated rings. The fourth-order valence-electron chi connectivity index (χ4n) is 1.77. The summed E-state index contributed by atoms with van der Waals surface area (Å²) >= 11 is 0. The molecule has 0 aliphatic heterocycles. The van der Waals surface area contributed by atoms with Gasteiger partial charge in [-0.15, -0.1) is 0 Å². The van der Waals surface area contributed by atoms with Crippen LogP contribution in [0.3, 0.4) is 0 Å². The van der Waals surface area contributed by atoms with Crippen LogP contribution in [0.1, 0.15) is 26.3 Å². The summed E-state index contributed by atoms with van der Waals surface area (Å²) in [5.74, 6) is -0.302. The largest absolute Gasteiger partial charge is 0.481 e. The standard InChI is InChI=1S/C13H20N2O3/c1-5-15(13(2,3)12(16)17)9-10-7-6-8-14-11(10)18-4/h6-8H,5,9H2,1-4H3,(H,16,17). The number of rotatable bonds is 6. The number of carboxylic acids is 1. The normalized spacial score (nSPS) is 11.6. The lowest BCUT2D eigenvalue weighted by Crippen LogP contribution is -2.49. The summed E-state index contributed by atoms with van der Waals surface area (Å²) in [6, 6.07) is 3.71. The van der Waals surface area contributed by atoms with E-state index in [4.69, 9.17) is 4.74 Å². The van der Waals surface area contributed by atoms with Gasteiger partial charge in [-0.1, -0.05) is 13.0 Å². The highest BCUT2D eigenvalue weighted by Gasteiger charge is 2.33. The molecule has 1 aromatic heterocycles. The van der Waals surface area contributed by atoms with Crippen molar-refractivity contribution in [2.45, 2.75) is 32.9 Å². The quantitative estimate of drug-likeness (QED) is 0.836. The number of aliphatic carboxylic acids is 1. The third-order valence-corrected chi connectivity index (χ3v) is 3.10. The van der Waals surface area contributed by atoms with Crippen molar-refractivity contribution in [2.24, 2.45) is 0 Å². The molecular formula is C13H20N2O3. The summed E-state index contributed by atoms with van der Waals surface area (Å²) < 4.78 is 5.18. The first-order valence-corrected chi connectivity index (χ1v) is 5.89. The number of carboxylic acid groups (broad SMARTS) is 1. The number of methoxy groups -OCH3 is 1. The van der Waals surface area contributed by atoms with Crippen LogP contribution in [0, 0.1) is 0 Å². The molecule has 1 rings (SSSR count). The van der Waals surface area contributed by atoms with Crippen molar-refractivity contribution in [3.05, 3.63) is 23.9 Å². The van der Waals surface area contributed by atoms with E-state index in [0.717, 1.165) is 5.56 Å². The summed E-state index contributed by atoms with van der Waals surface area (Å²) in [4.78, 5) is 17.3. The van der Waals surface area contributed by atoms with Crippen molar-refractivity contribution in [3.8, 4) is 5.88 Å². The average Bonchev–Trinajstić information content (AvgIpc) is 2.35. The lowest BCUT2D eigenvalue weighted by Gasteiger charge is -2.34. The minimum atomic E-state index is -0.921. The van der Waals surface area contributed by atoms with E-state index < -0.39 is 11.5 Å². The Bertz CT molecular complexity index is 418. The molecule has 0 atom stereocenters. The molecule has 0 bridgehead atoms. The number of ether oxygens (including phenoxy) is 1. The van der Waals surface area contributed by atoms with Gasteiger partial charge in [0.2, 0.25) is 5.88 Å². The lowest BCUT2D eigenvalue weighted by molar-refractivity contribution is -0.149. The van der Waals surface area contributed by atoms with Crippen LogP contribution in [0.2, 0.25) is 0 Å². The molecule has 0 radical (unpaired) electrons. The van der Waals surface area contributed by atoms with E-state index in [-0.39, 0.29) is 0 Å². The van der Waals surface area contributed by atoms with Crippen molar-refractivity contribution in [3.63, 3.8) is 0 Å². The first-order chi connectivity index (χ1) is 8.43. The summed E-state index contributed by atoms with van der Waals surface area (Å²) in [5, 5.41) is 9.26. The molecule has 18 heavy (non-hydrogen) atoms. The third kappa shape index (κ3) is 2.98. The predicted octanol–water partition coefficient (Wildman–Crippen LogP) is 1.78. The Morgan fingerprint density at radius 2 is 2.22 bits per heavy atom. The van der Waals surface area contributed by atoms with Gasteiger partial charge in [0.05, 0.1) is 7.11 Å². The molecule has 5 nitrogen and oxygen atoms in total. The molecule has 0 saturated carbocycles. The maximum absolute atomic E-state index is 11.3. The van der Waals surface area contributed by atoms with E-state index in [1.807, 2.05) is 24.0 Å². The minimum absolute atomic E-state index is 0.493. The van der Waals surface area contributed by atoms with Crippen molar-refractivity contribution >= 4 is 5.97 Å². The number of nitrogens with zero attached hydrogens (tertiary/aromatic N) is 2. The summed E-state index contributed by atoms with van der Waals surface area (Å²) in [6.07, 6.45) is 1.65. The van der Waals surface area contributed by atoms with Crippen LogP contribution in [-0.2, 0) is 11.3 Å². The van der Waals surface area contributed by atoms with Crippen LogP contribution in [0.4, 0.5) is 0 Å². The van der Waals surface area contributed by atoms with E-state index in [2.05, 4.69) is 4.98 Å². The van der Waals surface area contributed by atoms with Crippen molar-refractivity contribution in [1.82, 2.24) is 9.88 Å². The molecule has 0 spiro atoms. The number of aromatic nitrogens is 1. The summed E-state index contributed by atoms with van der Waals surface area (Å²) in [6.45, 7) is 6.46. The molecular weight excluding hydrogens is 232 g/mol. The van der Waals surface area contributed by atoms with Crippen LogP contribution >= 0.6 is 0 Å². The average molecular weight is 252 g/mol. The molecule has 0 saturated heterocycles. The van der Waals surface area contributed by atoms with Crippen LogP contribution in [0.15, 0.2) is 18.3 Å². The van der Waals surface area contributed by atoms with Gasteiger partial charge in [0.25, 0.3) is 0 Å². The Labute approximate surface area is 107 Å². The second kappa shape index (κ2) is 5.82. The maximum atomic E-state index is 11.3. The van der Waals surface area contributed by atoms with Crippen LogP contribution in [-0.4, -0.2) is 40.2 Å². The molecule has 0 unspecified atom stereocenters. The fourth-order valence-corrected chi connectivity index (χ4v) is 1.77. The van der Waals surface area contributed by atoms with Gasteiger partial charge in [0.15, 0.2) is 0 Å². The Hall–Kier alpha value is -1.62. The zero-order chi connectivity index (χ0) is 13.8. The molecule has 1 N–H and O–H groups in total. The molecule has 0 aliphatic carbocycles. The second-order valence-electron chi connectivity index (χ2n) is 4.55. The molecule has 100 valence electrons. The number of likely N-dealkylation sites (N-methyl/N-ethyl adjacent to an activating group) is 1.